The Balaban J connectivity index is 1.05. The van der Waals surface area contributed by atoms with Crippen LogP contribution in [0, 0.1) is 6.92 Å². The number of halogens is 3. The number of ether oxygens (including phenoxy) is 3. The predicted octanol–water partition coefficient (Wildman–Crippen LogP) is 6.38. The number of nitrogens with one attached hydrogen (secondary N) is 1. The Morgan fingerprint density at radius 3 is 2.31 bits per heavy atom. The molecule has 15 heteroatoms. The summed E-state index contributed by atoms with van der Waals surface area (Å²) in [5.41, 5.74) is 3.28. The van der Waals surface area contributed by atoms with Gasteiger partial charge in [0, 0.05) is 57.3 Å². The van der Waals surface area contributed by atoms with Crippen LogP contribution < -0.4 is 18.9 Å². The van der Waals surface area contributed by atoms with Gasteiger partial charge in [-0.3, -0.25) is 14.4 Å². The van der Waals surface area contributed by atoms with E-state index in [1.165, 1.54) is 31.5 Å². The molecule has 1 fully saturated rings. The molecule has 0 unspecified atom stereocenters. The fourth-order valence-corrected chi connectivity index (χ4v) is 7.09. The lowest BCUT2D eigenvalue weighted by Gasteiger charge is -2.34. The van der Waals surface area contributed by atoms with Gasteiger partial charge in [0.1, 0.15) is 27.8 Å². The van der Waals surface area contributed by atoms with Gasteiger partial charge in [0.2, 0.25) is 5.88 Å². The summed E-state index contributed by atoms with van der Waals surface area (Å²) in [7, 11) is -0.709. The lowest BCUT2D eigenvalue weighted by atomic mass is 10.2. The number of benzene rings is 3. The third-order valence-corrected chi connectivity index (χ3v) is 9.85. The van der Waals surface area contributed by atoms with E-state index in [0.29, 0.717) is 44.2 Å². The summed E-state index contributed by atoms with van der Waals surface area (Å²) >= 11 is 0. The van der Waals surface area contributed by atoms with Crippen LogP contribution in [0.25, 0.3) is 10.9 Å². The van der Waals surface area contributed by atoms with Crippen LogP contribution in [-0.4, -0.2) is 79.7 Å². The Morgan fingerprint density at radius 1 is 0.922 bits per heavy atom. The molecule has 5 aromatic rings. The fourth-order valence-electron chi connectivity index (χ4n) is 5.79. The van der Waals surface area contributed by atoms with Crippen LogP contribution in [0.15, 0.2) is 90.0 Å². The van der Waals surface area contributed by atoms with Gasteiger partial charge in [-0.1, -0.05) is 18.2 Å². The summed E-state index contributed by atoms with van der Waals surface area (Å²) in [6.07, 6.45) is -3.03. The maximum atomic E-state index is 13.6. The van der Waals surface area contributed by atoms with Gasteiger partial charge in [0.05, 0.1) is 24.5 Å². The highest BCUT2D eigenvalue weighted by Crippen LogP contribution is 2.30. The molecule has 2 aromatic heterocycles. The van der Waals surface area contributed by atoms with Crippen LogP contribution in [0.5, 0.6) is 23.1 Å². The number of sulfonamides is 1. The normalized spacial score (nSPS) is 14.0. The predicted molar refractivity (Wildman–Crippen MR) is 185 cm³/mol. The molecule has 0 aliphatic carbocycles. The molecule has 0 saturated carbocycles. The second-order valence-corrected chi connectivity index (χ2v) is 13.8. The summed E-state index contributed by atoms with van der Waals surface area (Å²) in [5.74, 6) is 1.03. The summed E-state index contributed by atoms with van der Waals surface area (Å²) in [5, 5.41) is 0.860. The molecule has 1 aliphatic rings. The fraction of sp³-hybridized carbons (Fsp3) is 0.278. The van der Waals surface area contributed by atoms with Gasteiger partial charge in [-0.25, -0.2) is 13.4 Å². The van der Waals surface area contributed by atoms with Gasteiger partial charge < -0.3 is 23.7 Å². The van der Waals surface area contributed by atoms with Gasteiger partial charge in [-0.05, 0) is 66.6 Å². The molecule has 0 spiro atoms. The van der Waals surface area contributed by atoms with Crippen LogP contribution >= 0.6 is 0 Å². The van der Waals surface area contributed by atoms with E-state index >= 15 is 0 Å². The number of nitrogens with zero attached hydrogens (tertiary/aromatic N) is 4. The first-order chi connectivity index (χ1) is 24.3. The number of carbonyl (C=O) groups excluding carboxylic acids is 1. The molecule has 6 rings (SSSR count). The summed E-state index contributed by atoms with van der Waals surface area (Å²) in [6.45, 7) is 3.41. The Bertz CT molecular complexity index is 2130. The zero-order valence-corrected chi connectivity index (χ0v) is 28.9. The van der Waals surface area contributed by atoms with Gasteiger partial charge in [-0.15, -0.1) is 0 Å². The van der Waals surface area contributed by atoms with Crippen molar-refractivity contribution in [1.82, 2.24) is 19.4 Å². The molecule has 3 aromatic carbocycles. The van der Waals surface area contributed by atoms with E-state index in [4.69, 9.17) is 14.2 Å². The average molecular weight is 724 g/mol. The number of piperazine rings is 1. The second kappa shape index (κ2) is 14.5. The van der Waals surface area contributed by atoms with E-state index in [0.717, 1.165) is 22.0 Å². The van der Waals surface area contributed by atoms with Crippen molar-refractivity contribution in [2.75, 3.05) is 44.6 Å². The van der Waals surface area contributed by atoms with Crippen molar-refractivity contribution in [2.24, 2.45) is 7.05 Å². The zero-order chi connectivity index (χ0) is 36.3. The molecule has 0 bridgehead atoms. The molecule has 268 valence electrons. The molecular weight excluding hydrogens is 687 g/mol. The minimum Gasteiger partial charge on any atom is -0.495 e. The van der Waals surface area contributed by atoms with Crippen molar-refractivity contribution >= 4 is 32.5 Å². The minimum atomic E-state index is -4.39. The largest absolute Gasteiger partial charge is 0.495 e. The Kier molecular flexibility index (Phi) is 10.1. The monoisotopic (exact) mass is 723 g/mol. The first-order valence-corrected chi connectivity index (χ1v) is 17.5. The summed E-state index contributed by atoms with van der Waals surface area (Å²) < 4.78 is 83.6. The van der Waals surface area contributed by atoms with Crippen LogP contribution in [0.1, 0.15) is 21.6 Å². The molecule has 3 heterocycles. The van der Waals surface area contributed by atoms with E-state index in [2.05, 4.69) is 14.6 Å². The van der Waals surface area contributed by atoms with Gasteiger partial charge in [0.15, 0.2) is 6.61 Å². The van der Waals surface area contributed by atoms with Crippen LogP contribution in [0.3, 0.4) is 0 Å². The van der Waals surface area contributed by atoms with E-state index in [-0.39, 0.29) is 33.9 Å². The number of carbonyl (C=O) groups is 1. The van der Waals surface area contributed by atoms with E-state index < -0.39 is 22.8 Å². The standard InChI is InChI=1S/C36H36F3N5O6S/c1-24-4-12-32(48-3)33(18-24)51(46,47)41-27-8-13-34(40-21-27)50-29-11-7-26-19-31(42(2)30(26)20-29)35(45)44-16-14-43(15-17-44)22-25-5-9-28(10-6-25)49-23-36(37,38)39/h4-13,18-21,41H,14-17,22-23H2,1-3H3. The number of methoxy groups -OCH3 is 1. The van der Waals surface area contributed by atoms with Gasteiger partial charge >= 0.3 is 6.18 Å². The summed E-state index contributed by atoms with van der Waals surface area (Å²) in [6, 6.07) is 21.8. The third-order valence-electron chi connectivity index (χ3n) is 8.45. The molecule has 0 radical (unpaired) electrons. The lowest BCUT2D eigenvalue weighted by Crippen LogP contribution is -2.48. The Hall–Kier alpha value is -5.28. The number of aromatic nitrogens is 2. The van der Waals surface area contributed by atoms with Crippen molar-refractivity contribution in [2.45, 2.75) is 24.5 Å². The molecule has 0 atom stereocenters. The van der Waals surface area contributed by atoms with E-state index in [1.807, 2.05) is 34.7 Å². The Labute approximate surface area is 293 Å². The van der Waals surface area contributed by atoms with Crippen LogP contribution in [0.2, 0.25) is 0 Å². The van der Waals surface area contributed by atoms with Crippen molar-refractivity contribution in [1.29, 1.82) is 0 Å². The first-order valence-electron chi connectivity index (χ1n) is 16.0. The zero-order valence-electron chi connectivity index (χ0n) is 28.1. The van der Waals surface area contributed by atoms with Gasteiger partial charge in [0.25, 0.3) is 15.9 Å². The maximum absolute atomic E-state index is 13.6. The summed E-state index contributed by atoms with van der Waals surface area (Å²) in [4.78, 5) is 21.9. The minimum absolute atomic E-state index is 0.0180. The van der Waals surface area contributed by atoms with E-state index in [1.54, 1.807) is 49.4 Å². The molecule has 1 saturated heterocycles. The van der Waals surface area contributed by atoms with Crippen molar-refractivity contribution in [3.05, 3.63) is 102 Å². The number of amides is 1. The number of pyridine rings is 1. The molecule has 51 heavy (non-hydrogen) atoms. The number of anilines is 1. The first kappa shape index (κ1) is 35.5. The molecule has 11 nitrogen and oxygen atoms in total. The SMILES string of the molecule is COc1ccc(C)cc1S(=O)(=O)Nc1ccc(Oc2ccc3cc(C(=O)N4CCN(Cc5ccc(OCC(F)(F)F)cc5)CC4)n(C)c3c2)nc1. The Morgan fingerprint density at radius 2 is 1.65 bits per heavy atom. The topological polar surface area (TPSA) is 115 Å². The number of alkyl halides is 3. The van der Waals surface area contributed by atoms with E-state index in [9.17, 15) is 26.4 Å². The number of fused-ring (bicyclic) bond motifs is 1. The molecule has 1 amide bonds. The van der Waals surface area contributed by atoms with Crippen molar-refractivity contribution in [3.8, 4) is 23.1 Å². The van der Waals surface area contributed by atoms with Crippen molar-refractivity contribution in [3.63, 3.8) is 0 Å². The second-order valence-electron chi connectivity index (χ2n) is 12.2. The highest BCUT2D eigenvalue weighted by molar-refractivity contribution is 7.92. The van der Waals surface area contributed by atoms with Crippen LogP contribution in [-0.2, 0) is 23.6 Å². The van der Waals surface area contributed by atoms with Crippen LogP contribution in [0.4, 0.5) is 18.9 Å². The number of rotatable bonds is 11. The number of hydrogen-bond donors (Lipinski definition) is 1. The number of aryl methyl sites for hydroxylation is 2. The lowest BCUT2D eigenvalue weighted by molar-refractivity contribution is -0.153. The number of hydrogen-bond acceptors (Lipinski definition) is 8. The molecular formula is C36H36F3N5O6S. The molecule has 1 N–H and O–H groups in total. The highest BCUT2D eigenvalue weighted by atomic mass is 32.2. The third kappa shape index (κ3) is 8.55. The molecule has 1 aliphatic heterocycles. The van der Waals surface area contributed by atoms with Crippen molar-refractivity contribution < 1.29 is 40.6 Å². The maximum Gasteiger partial charge on any atom is 0.422 e. The smallest absolute Gasteiger partial charge is 0.422 e. The van der Waals surface area contributed by atoms with Gasteiger partial charge in [-0.2, -0.15) is 13.2 Å². The average Bonchev–Trinajstić information content (AvgIpc) is 3.43. The quantitative estimate of drug-likeness (QED) is 0.167. The highest BCUT2D eigenvalue weighted by Gasteiger charge is 2.29.